The fourth-order valence-corrected chi connectivity index (χ4v) is 5.68. The molecule has 7 heteroatoms. The van der Waals surface area contributed by atoms with Gasteiger partial charge in [0.1, 0.15) is 0 Å². The number of carbonyl (C=O) groups is 2. The monoisotopic (exact) mass is 432 g/mol. The summed E-state index contributed by atoms with van der Waals surface area (Å²) in [4.78, 5) is 25.5. The molecule has 0 radical (unpaired) electrons. The van der Waals surface area contributed by atoms with E-state index in [-0.39, 0.29) is 12.8 Å². The molecule has 0 amide bonds. The molecule has 6 nitrogen and oxygen atoms in total. The van der Waals surface area contributed by atoms with Gasteiger partial charge in [-0.25, -0.2) is 8.42 Å². The molecule has 162 valence electrons. The number of sulfone groups is 1. The first-order chi connectivity index (χ1) is 14.3. The Morgan fingerprint density at radius 2 is 1.53 bits per heavy atom. The van der Waals surface area contributed by atoms with Crippen LogP contribution in [0.5, 0.6) is 0 Å². The summed E-state index contributed by atoms with van der Waals surface area (Å²) in [6.07, 6.45) is 7.62. The molecule has 1 unspecified atom stereocenters. The van der Waals surface area contributed by atoms with Gasteiger partial charge in [0, 0.05) is 0 Å². The second-order valence-corrected chi connectivity index (χ2v) is 10.1. The zero-order chi connectivity index (χ0) is 21.8. The van der Waals surface area contributed by atoms with E-state index >= 15 is 0 Å². The molecule has 1 atom stereocenters. The van der Waals surface area contributed by atoms with Crippen molar-refractivity contribution >= 4 is 21.8 Å². The van der Waals surface area contributed by atoms with Gasteiger partial charge in [-0.2, -0.15) is 0 Å². The summed E-state index contributed by atoms with van der Waals surface area (Å²) in [5, 5.41) is -0.495. The van der Waals surface area contributed by atoms with E-state index in [1.807, 2.05) is 12.2 Å². The second kappa shape index (κ2) is 9.16. The molecule has 0 saturated heterocycles. The Morgan fingerprint density at radius 3 is 2.07 bits per heavy atom. The molecule has 0 bridgehead atoms. The Bertz CT molecular complexity index is 937. The van der Waals surface area contributed by atoms with Gasteiger partial charge in [-0.15, -0.1) is 0 Å². The Kier molecular flexibility index (Phi) is 6.81. The summed E-state index contributed by atoms with van der Waals surface area (Å²) < 4.78 is 35.7. The minimum Gasteiger partial charge on any atom is -0.468 e. The molecule has 1 aromatic rings. The molecule has 30 heavy (non-hydrogen) atoms. The van der Waals surface area contributed by atoms with Crippen LogP contribution in [0.3, 0.4) is 0 Å². The van der Waals surface area contributed by atoms with Crippen molar-refractivity contribution in [3.63, 3.8) is 0 Å². The maximum atomic E-state index is 12.9. The van der Waals surface area contributed by atoms with Crippen LogP contribution in [-0.4, -0.2) is 39.8 Å². The molecule has 0 N–H and O–H groups in total. The van der Waals surface area contributed by atoms with E-state index < -0.39 is 32.4 Å². The van der Waals surface area contributed by atoms with Crippen LogP contribution in [0.15, 0.2) is 58.5 Å². The van der Waals surface area contributed by atoms with Gasteiger partial charge in [0.2, 0.25) is 0 Å². The fourth-order valence-electron chi connectivity index (χ4n) is 3.90. The van der Waals surface area contributed by atoms with Crippen molar-refractivity contribution in [2.45, 2.75) is 55.1 Å². The van der Waals surface area contributed by atoms with Crippen LogP contribution < -0.4 is 0 Å². The summed E-state index contributed by atoms with van der Waals surface area (Å²) >= 11 is 0. The smallest absolute Gasteiger partial charge is 0.323 e. The summed E-state index contributed by atoms with van der Waals surface area (Å²) in [6, 6.07) is 8.45. The molecule has 0 heterocycles. The normalized spacial score (nSPS) is 20.1. The highest BCUT2D eigenvalue weighted by Gasteiger charge is 2.47. The van der Waals surface area contributed by atoms with Gasteiger partial charge in [-0.1, -0.05) is 41.5 Å². The lowest BCUT2D eigenvalue weighted by Crippen LogP contribution is -2.40. The van der Waals surface area contributed by atoms with Gasteiger partial charge in [0.15, 0.2) is 15.3 Å². The molecule has 0 spiro atoms. The zero-order valence-electron chi connectivity index (χ0n) is 17.4. The third kappa shape index (κ3) is 4.67. The molecular weight excluding hydrogens is 404 g/mol. The van der Waals surface area contributed by atoms with E-state index in [2.05, 4.69) is 0 Å². The molecule has 0 aromatic heterocycles. The summed E-state index contributed by atoms with van der Waals surface area (Å²) in [7, 11) is -0.895. The maximum absolute atomic E-state index is 12.9. The van der Waals surface area contributed by atoms with Crippen LogP contribution in [0, 0.1) is 5.41 Å². The van der Waals surface area contributed by atoms with Crippen LogP contribution in [0.2, 0.25) is 0 Å². The van der Waals surface area contributed by atoms with E-state index in [0.717, 1.165) is 18.4 Å². The number of benzene rings is 1. The van der Waals surface area contributed by atoms with Gasteiger partial charge >= 0.3 is 11.9 Å². The largest absolute Gasteiger partial charge is 0.468 e. The highest BCUT2D eigenvalue weighted by Crippen LogP contribution is 2.39. The number of rotatable bonds is 8. The third-order valence-corrected chi connectivity index (χ3v) is 8.17. The van der Waals surface area contributed by atoms with Gasteiger partial charge in [0.25, 0.3) is 0 Å². The summed E-state index contributed by atoms with van der Waals surface area (Å²) in [5.41, 5.74) is 0.716. The number of hydrogen-bond acceptors (Lipinski definition) is 6. The van der Waals surface area contributed by atoms with Crippen molar-refractivity contribution in [1.29, 1.82) is 0 Å². The number of ether oxygens (including phenoxy) is 2. The lowest BCUT2D eigenvalue weighted by atomic mass is 9.80. The first kappa shape index (κ1) is 22.3. The maximum Gasteiger partial charge on any atom is 0.323 e. The second-order valence-electron chi connectivity index (χ2n) is 7.92. The highest BCUT2D eigenvalue weighted by atomic mass is 32.2. The third-order valence-electron chi connectivity index (χ3n) is 5.96. The minimum absolute atomic E-state index is 0.129. The van der Waals surface area contributed by atoms with Gasteiger partial charge < -0.3 is 9.47 Å². The van der Waals surface area contributed by atoms with Crippen LogP contribution in [-0.2, 0) is 28.9 Å². The predicted octanol–water partition coefficient (Wildman–Crippen LogP) is 3.77. The molecule has 1 aromatic carbocycles. The molecule has 3 rings (SSSR count). The van der Waals surface area contributed by atoms with Gasteiger partial charge in [0.05, 0.1) is 24.4 Å². The van der Waals surface area contributed by atoms with Crippen molar-refractivity contribution in [2.75, 3.05) is 14.2 Å². The van der Waals surface area contributed by atoms with Crippen molar-refractivity contribution in [3.8, 4) is 0 Å². The van der Waals surface area contributed by atoms with Crippen molar-refractivity contribution in [1.82, 2.24) is 0 Å². The molecule has 2 aliphatic carbocycles. The first-order valence-electron chi connectivity index (χ1n) is 10.1. The lowest BCUT2D eigenvalue weighted by molar-refractivity contribution is -0.168. The zero-order valence-corrected chi connectivity index (χ0v) is 18.2. The van der Waals surface area contributed by atoms with Gasteiger partial charge in [-0.3, -0.25) is 9.59 Å². The van der Waals surface area contributed by atoms with Crippen LogP contribution in [0.25, 0.3) is 0 Å². The number of esters is 2. The quantitative estimate of drug-likeness (QED) is 0.353. The van der Waals surface area contributed by atoms with E-state index in [1.54, 1.807) is 30.3 Å². The Morgan fingerprint density at radius 1 is 0.967 bits per heavy atom. The van der Waals surface area contributed by atoms with Gasteiger partial charge in [-0.05, 0) is 57.1 Å². The summed E-state index contributed by atoms with van der Waals surface area (Å²) in [6.45, 7) is 0. The SMILES string of the molecule is COC(=O)C(CC=C1CC1)(C/C=C1\CCC(S(=O)(=O)c2ccccc2)C1)C(=O)OC. The topological polar surface area (TPSA) is 86.7 Å². The van der Waals surface area contributed by atoms with Crippen LogP contribution in [0.4, 0.5) is 0 Å². The molecule has 2 fully saturated rings. The Labute approximate surface area is 177 Å². The van der Waals surface area contributed by atoms with Crippen molar-refractivity contribution in [2.24, 2.45) is 5.41 Å². The predicted molar refractivity (Wildman–Crippen MR) is 112 cm³/mol. The number of hydrogen-bond donors (Lipinski definition) is 0. The van der Waals surface area contributed by atoms with Crippen LogP contribution >= 0.6 is 0 Å². The van der Waals surface area contributed by atoms with E-state index in [4.69, 9.17) is 9.47 Å². The molecule has 2 saturated carbocycles. The number of methoxy groups -OCH3 is 2. The lowest BCUT2D eigenvalue weighted by Gasteiger charge is -2.26. The van der Waals surface area contributed by atoms with E-state index in [1.165, 1.54) is 19.8 Å². The summed E-state index contributed by atoms with van der Waals surface area (Å²) in [5.74, 6) is -1.26. The van der Waals surface area contributed by atoms with Crippen LogP contribution in [0.1, 0.15) is 44.9 Å². The average Bonchev–Trinajstić information content (AvgIpc) is 3.48. The van der Waals surface area contributed by atoms with E-state index in [9.17, 15) is 18.0 Å². The number of carbonyl (C=O) groups excluding carboxylic acids is 2. The minimum atomic E-state index is -3.41. The number of allylic oxidation sites excluding steroid dienone is 4. The molecule has 0 aliphatic heterocycles. The Hall–Kier alpha value is -2.41. The average molecular weight is 433 g/mol. The molecular formula is C23H28O6S. The van der Waals surface area contributed by atoms with Crippen molar-refractivity contribution < 1.29 is 27.5 Å². The highest BCUT2D eigenvalue weighted by molar-refractivity contribution is 7.92. The Balaban J connectivity index is 1.80. The van der Waals surface area contributed by atoms with Crippen molar-refractivity contribution in [3.05, 3.63) is 53.6 Å². The molecule has 2 aliphatic rings. The van der Waals surface area contributed by atoms with E-state index in [0.29, 0.717) is 24.2 Å². The first-order valence-corrected chi connectivity index (χ1v) is 11.7. The standard InChI is InChI=1S/C23H28O6S/c1-28-21(24)23(22(25)29-2,14-12-17-8-9-17)15-13-18-10-11-20(16-18)30(26,27)19-6-4-3-5-7-19/h3-7,12-13,20H,8-11,14-16H2,1-2H3/b18-13+. The fraction of sp³-hybridized carbons (Fsp3) is 0.478.